The summed E-state index contributed by atoms with van der Waals surface area (Å²) < 4.78 is 27.6. The number of anilines is 1. The van der Waals surface area contributed by atoms with Gasteiger partial charge in [0.05, 0.1) is 29.3 Å². The summed E-state index contributed by atoms with van der Waals surface area (Å²) >= 11 is 0. The van der Waals surface area contributed by atoms with Crippen LogP contribution < -0.4 is 10.1 Å². The Labute approximate surface area is 191 Å². The summed E-state index contributed by atoms with van der Waals surface area (Å²) in [6.07, 6.45) is 4.54. The predicted molar refractivity (Wildman–Crippen MR) is 122 cm³/mol. The Morgan fingerprint density at radius 3 is 2.79 bits per heavy atom. The van der Waals surface area contributed by atoms with Crippen molar-refractivity contribution in [1.82, 2.24) is 9.47 Å². The van der Waals surface area contributed by atoms with Crippen LogP contribution in [0.4, 0.5) is 10.1 Å². The largest absolute Gasteiger partial charge is 0.484 e. The van der Waals surface area contributed by atoms with Crippen LogP contribution in [0.2, 0.25) is 0 Å². The molecule has 3 aromatic rings. The fourth-order valence-electron chi connectivity index (χ4n) is 5.54. The first-order valence-corrected chi connectivity index (χ1v) is 11.4. The highest BCUT2D eigenvalue weighted by molar-refractivity contribution is 5.78. The maximum Gasteiger partial charge on any atom is 0.260 e. The molecule has 2 aromatic carbocycles. The van der Waals surface area contributed by atoms with E-state index in [-0.39, 0.29) is 29.5 Å². The zero-order valence-electron chi connectivity index (χ0n) is 18.3. The van der Waals surface area contributed by atoms with Gasteiger partial charge < -0.3 is 24.3 Å². The van der Waals surface area contributed by atoms with E-state index in [0.29, 0.717) is 25.4 Å². The van der Waals surface area contributed by atoms with Gasteiger partial charge in [-0.2, -0.15) is 0 Å². The molecular weight excluding hydrogens is 421 g/mol. The third kappa shape index (κ3) is 3.47. The topological polar surface area (TPSA) is 55.7 Å². The fraction of sp³-hybridized carbons (Fsp3) is 0.346. The number of rotatable bonds is 3. The fourth-order valence-corrected chi connectivity index (χ4v) is 5.54. The molecular formula is C26H26FN3O3. The monoisotopic (exact) mass is 447 g/mol. The van der Waals surface area contributed by atoms with E-state index in [0.717, 1.165) is 30.6 Å². The maximum absolute atomic E-state index is 13.3. The van der Waals surface area contributed by atoms with Crippen molar-refractivity contribution in [1.29, 1.82) is 0 Å². The average molecular weight is 448 g/mol. The third-order valence-electron chi connectivity index (χ3n) is 7.21. The Bertz CT molecular complexity index is 1200. The molecule has 0 bridgehead atoms. The second-order valence-electron chi connectivity index (χ2n) is 9.26. The van der Waals surface area contributed by atoms with Crippen LogP contribution in [-0.2, 0) is 15.1 Å². The van der Waals surface area contributed by atoms with Crippen molar-refractivity contribution < 1.29 is 18.7 Å². The van der Waals surface area contributed by atoms with Crippen molar-refractivity contribution in [2.24, 2.45) is 0 Å². The smallest absolute Gasteiger partial charge is 0.260 e. The molecule has 0 unspecified atom stereocenters. The van der Waals surface area contributed by atoms with E-state index in [1.54, 1.807) is 12.1 Å². The minimum Gasteiger partial charge on any atom is -0.484 e. The van der Waals surface area contributed by atoms with Gasteiger partial charge in [-0.3, -0.25) is 4.79 Å². The number of fused-ring (bicyclic) bond motifs is 4. The summed E-state index contributed by atoms with van der Waals surface area (Å²) in [4.78, 5) is 14.5. The molecule has 1 aromatic heterocycles. The number of ether oxygens (including phenoxy) is 2. The van der Waals surface area contributed by atoms with Crippen molar-refractivity contribution in [3.05, 3.63) is 78.4 Å². The number of hydrogen-bond donors (Lipinski definition) is 1. The van der Waals surface area contributed by atoms with Gasteiger partial charge in [0.1, 0.15) is 17.1 Å². The van der Waals surface area contributed by atoms with Crippen LogP contribution in [0.25, 0.3) is 5.69 Å². The van der Waals surface area contributed by atoms with Crippen LogP contribution in [-0.4, -0.2) is 47.3 Å². The summed E-state index contributed by atoms with van der Waals surface area (Å²) in [7, 11) is 0. The molecule has 1 atom stereocenters. The number of para-hydroxylation sites is 2. The summed E-state index contributed by atoms with van der Waals surface area (Å²) in [5, 5.41) is 3.79. The number of piperidine rings is 1. The number of aromatic nitrogens is 1. The van der Waals surface area contributed by atoms with E-state index >= 15 is 0 Å². The number of halogens is 1. The van der Waals surface area contributed by atoms with Crippen molar-refractivity contribution in [3.63, 3.8) is 0 Å². The van der Waals surface area contributed by atoms with Gasteiger partial charge in [-0.25, -0.2) is 4.39 Å². The quantitative estimate of drug-likeness (QED) is 0.657. The van der Waals surface area contributed by atoms with Crippen molar-refractivity contribution >= 4 is 11.6 Å². The molecule has 1 N–H and O–H groups in total. The number of nitrogens with zero attached hydrogens (tertiary/aromatic N) is 2. The minimum absolute atomic E-state index is 0.0829. The Balaban J connectivity index is 1.12. The second-order valence-corrected chi connectivity index (χ2v) is 9.26. The first kappa shape index (κ1) is 20.3. The molecule has 0 saturated carbocycles. The van der Waals surface area contributed by atoms with E-state index in [9.17, 15) is 9.18 Å². The molecule has 6 nitrogen and oxygen atoms in total. The average Bonchev–Trinajstić information content (AvgIpc) is 3.45. The molecule has 3 aliphatic heterocycles. The number of amides is 1. The molecule has 0 aliphatic carbocycles. The molecule has 7 heteroatoms. The zero-order valence-corrected chi connectivity index (χ0v) is 18.3. The molecule has 6 rings (SSSR count). The Morgan fingerprint density at radius 1 is 1.09 bits per heavy atom. The van der Waals surface area contributed by atoms with Crippen molar-refractivity contribution in [3.8, 4) is 11.4 Å². The molecule has 33 heavy (non-hydrogen) atoms. The van der Waals surface area contributed by atoms with Crippen molar-refractivity contribution in [2.45, 2.75) is 30.4 Å². The molecule has 2 saturated heterocycles. The Hall–Kier alpha value is -3.32. The van der Waals surface area contributed by atoms with Crippen LogP contribution in [0.3, 0.4) is 0 Å². The van der Waals surface area contributed by atoms with E-state index in [1.165, 1.54) is 17.8 Å². The molecule has 2 spiro atoms. The van der Waals surface area contributed by atoms with Crippen LogP contribution in [0, 0.1) is 5.82 Å². The highest BCUT2D eigenvalue weighted by atomic mass is 19.1. The van der Waals surface area contributed by atoms with Crippen LogP contribution in [0.5, 0.6) is 5.75 Å². The summed E-state index contributed by atoms with van der Waals surface area (Å²) in [5.41, 5.74) is 2.96. The standard InChI is InChI=1S/C26H26FN3O3/c27-19-5-3-6-20(15-19)32-16-24(31)29-13-10-25(11-14-29)17-26(18-33-25)23-9-4-12-30(23)22-8-2-1-7-21(22)28-26/h1-9,12,15,28H,10-11,13-14,16-18H2/t26-/m0/s1. The van der Waals surface area contributed by atoms with Gasteiger partial charge in [0, 0.05) is 31.8 Å². The van der Waals surface area contributed by atoms with Crippen LogP contribution in [0.1, 0.15) is 25.0 Å². The van der Waals surface area contributed by atoms with Crippen LogP contribution in [0.15, 0.2) is 66.9 Å². The van der Waals surface area contributed by atoms with Gasteiger partial charge >= 0.3 is 0 Å². The number of carbonyl (C=O) groups is 1. The first-order valence-electron chi connectivity index (χ1n) is 11.4. The van der Waals surface area contributed by atoms with Gasteiger partial charge in [-0.15, -0.1) is 0 Å². The molecule has 4 heterocycles. The summed E-state index contributed by atoms with van der Waals surface area (Å²) in [5.74, 6) is -0.0952. The molecule has 0 radical (unpaired) electrons. The number of hydrogen-bond acceptors (Lipinski definition) is 4. The summed E-state index contributed by atoms with van der Waals surface area (Å²) in [6, 6.07) is 18.5. The summed E-state index contributed by atoms with van der Waals surface area (Å²) in [6.45, 7) is 1.76. The van der Waals surface area contributed by atoms with E-state index < -0.39 is 0 Å². The molecule has 2 fully saturated rings. The highest BCUT2D eigenvalue weighted by Crippen LogP contribution is 2.50. The Morgan fingerprint density at radius 2 is 1.94 bits per heavy atom. The predicted octanol–water partition coefficient (Wildman–Crippen LogP) is 4.10. The SMILES string of the molecule is O=C(COc1cccc(F)c1)N1CCC2(CC1)C[C@@]1(CO2)Nc2ccccc2-n2cccc21. The maximum atomic E-state index is 13.3. The van der Waals surface area contributed by atoms with Gasteiger partial charge in [0.2, 0.25) is 0 Å². The molecule has 1 amide bonds. The zero-order chi connectivity index (χ0) is 22.5. The van der Waals surface area contributed by atoms with Crippen molar-refractivity contribution in [2.75, 3.05) is 31.6 Å². The van der Waals surface area contributed by atoms with E-state index in [4.69, 9.17) is 9.47 Å². The lowest BCUT2D eigenvalue weighted by atomic mass is 9.79. The Kier molecular flexibility index (Phi) is 4.69. The van der Waals surface area contributed by atoms with Gasteiger partial charge in [-0.1, -0.05) is 18.2 Å². The van der Waals surface area contributed by atoms with Gasteiger partial charge in [0.15, 0.2) is 6.61 Å². The molecule has 3 aliphatic rings. The van der Waals surface area contributed by atoms with E-state index in [1.807, 2.05) is 4.90 Å². The first-order chi connectivity index (χ1) is 16.1. The number of benzene rings is 2. The number of carbonyl (C=O) groups excluding carboxylic acids is 1. The lowest BCUT2D eigenvalue weighted by Crippen LogP contribution is -2.49. The minimum atomic E-state index is -0.378. The number of nitrogens with one attached hydrogen (secondary N) is 1. The highest BCUT2D eigenvalue weighted by Gasteiger charge is 2.54. The third-order valence-corrected chi connectivity index (χ3v) is 7.21. The van der Waals surface area contributed by atoms with Gasteiger partial charge in [-0.05, 0) is 49.2 Å². The lowest BCUT2D eigenvalue weighted by Gasteiger charge is -2.41. The van der Waals surface area contributed by atoms with Gasteiger partial charge in [0.25, 0.3) is 5.91 Å². The van der Waals surface area contributed by atoms with E-state index in [2.05, 4.69) is 52.5 Å². The lowest BCUT2D eigenvalue weighted by molar-refractivity contribution is -0.138. The number of likely N-dealkylation sites (tertiary alicyclic amines) is 1. The second kappa shape index (κ2) is 7.63. The normalized spacial score (nSPS) is 22.6. The molecule has 170 valence electrons. The van der Waals surface area contributed by atoms with Crippen LogP contribution >= 0.6 is 0 Å².